The van der Waals surface area contributed by atoms with Crippen molar-refractivity contribution in [1.29, 1.82) is 0 Å². The summed E-state index contributed by atoms with van der Waals surface area (Å²) in [5.41, 5.74) is 0. The Balaban J connectivity index is 0.00000261. The smallest absolute Gasteiger partial charge is 0.191 e. The summed E-state index contributed by atoms with van der Waals surface area (Å²) in [4.78, 5) is 8.43. The number of nitrogens with one attached hydrogen (secondary N) is 2. The second kappa shape index (κ2) is 11.5. The number of guanidine groups is 1. The van der Waals surface area contributed by atoms with E-state index in [1.807, 2.05) is 18.8 Å². The Kier molecular flexibility index (Phi) is 9.73. The molecule has 0 amide bonds. The minimum atomic E-state index is 0. The molecule has 1 aromatic carbocycles. The average molecular weight is 503 g/mol. The summed E-state index contributed by atoms with van der Waals surface area (Å²) in [6.45, 7) is 6.94. The van der Waals surface area contributed by atoms with E-state index in [0.717, 1.165) is 12.5 Å². The molecular formula is C21H35IN4S. The van der Waals surface area contributed by atoms with E-state index < -0.39 is 0 Å². The summed E-state index contributed by atoms with van der Waals surface area (Å²) in [6.07, 6.45) is 7.61. The number of likely N-dealkylation sites (tertiary alicyclic amines) is 1. The first-order valence-corrected chi connectivity index (χ1v) is 11.0. The summed E-state index contributed by atoms with van der Waals surface area (Å²) in [5, 5.41) is 7.24. The molecule has 0 spiro atoms. The Morgan fingerprint density at radius 2 is 1.93 bits per heavy atom. The zero-order chi connectivity index (χ0) is 18.2. The maximum Gasteiger partial charge on any atom is 0.191 e. The molecule has 27 heavy (non-hydrogen) atoms. The quantitative estimate of drug-likeness (QED) is 0.315. The molecule has 2 fully saturated rings. The lowest BCUT2D eigenvalue weighted by Gasteiger charge is -2.33. The van der Waals surface area contributed by atoms with Gasteiger partial charge in [-0.3, -0.25) is 4.99 Å². The number of thioether (sulfide) groups is 1. The molecule has 152 valence electrons. The van der Waals surface area contributed by atoms with Gasteiger partial charge in [-0.05, 0) is 50.8 Å². The van der Waals surface area contributed by atoms with Crippen LogP contribution in [0.4, 0.5) is 0 Å². The number of nitrogens with zero attached hydrogens (tertiary/aromatic N) is 2. The number of hydrogen-bond acceptors (Lipinski definition) is 3. The highest BCUT2D eigenvalue weighted by molar-refractivity contribution is 14.0. The molecule has 1 saturated carbocycles. The summed E-state index contributed by atoms with van der Waals surface area (Å²) < 4.78 is 0.350. The molecule has 1 aliphatic carbocycles. The predicted octanol–water partition coefficient (Wildman–Crippen LogP) is 4.36. The van der Waals surface area contributed by atoms with Gasteiger partial charge in [0.25, 0.3) is 0 Å². The molecule has 3 rings (SSSR count). The SMILES string of the molecule is CCCCN1CCC(NC(=NC)NCC2(Sc3ccccc3)CC2)CC1.I. The molecule has 1 saturated heterocycles. The van der Waals surface area contributed by atoms with Gasteiger partial charge in [0.2, 0.25) is 0 Å². The van der Waals surface area contributed by atoms with Gasteiger partial charge < -0.3 is 15.5 Å². The van der Waals surface area contributed by atoms with Crippen molar-refractivity contribution < 1.29 is 0 Å². The molecule has 0 radical (unpaired) electrons. The van der Waals surface area contributed by atoms with E-state index in [0.29, 0.717) is 10.8 Å². The third kappa shape index (κ3) is 7.46. The molecule has 1 aromatic rings. The number of unbranched alkanes of at least 4 members (excludes halogenated alkanes) is 1. The van der Waals surface area contributed by atoms with Gasteiger partial charge in [-0.1, -0.05) is 31.5 Å². The van der Waals surface area contributed by atoms with Crippen LogP contribution in [-0.4, -0.2) is 54.9 Å². The van der Waals surface area contributed by atoms with Gasteiger partial charge in [-0.2, -0.15) is 0 Å². The largest absolute Gasteiger partial charge is 0.355 e. The second-order valence-electron chi connectivity index (χ2n) is 7.64. The average Bonchev–Trinajstić information content (AvgIpc) is 3.45. The first-order valence-electron chi connectivity index (χ1n) is 10.2. The zero-order valence-electron chi connectivity index (χ0n) is 16.7. The van der Waals surface area contributed by atoms with Gasteiger partial charge >= 0.3 is 0 Å². The molecule has 1 aliphatic heterocycles. The fourth-order valence-corrected chi connectivity index (χ4v) is 4.75. The van der Waals surface area contributed by atoms with Gasteiger partial charge in [0, 0.05) is 42.4 Å². The number of rotatable bonds is 8. The molecule has 2 N–H and O–H groups in total. The van der Waals surface area contributed by atoms with E-state index >= 15 is 0 Å². The van der Waals surface area contributed by atoms with Crippen molar-refractivity contribution >= 4 is 41.7 Å². The van der Waals surface area contributed by atoms with Crippen molar-refractivity contribution in [2.45, 2.75) is 61.1 Å². The first kappa shape index (κ1) is 22.8. The fourth-order valence-electron chi connectivity index (χ4n) is 3.51. The van der Waals surface area contributed by atoms with E-state index in [1.54, 1.807) is 0 Å². The van der Waals surface area contributed by atoms with E-state index in [4.69, 9.17) is 0 Å². The minimum Gasteiger partial charge on any atom is -0.355 e. The van der Waals surface area contributed by atoms with Gasteiger partial charge in [-0.15, -0.1) is 35.7 Å². The Morgan fingerprint density at radius 3 is 2.52 bits per heavy atom. The molecule has 2 aliphatic rings. The molecule has 0 unspecified atom stereocenters. The van der Waals surface area contributed by atoms with Crippen LogP contribution >= 0.6 is 35.7 Å². The van der Waals surface area contributed by atoms with Crippen LogP contribution in [0.15, 0.2) is 40.2 Å². The summed E-state index contributed by atoms with van der Waals surface area (Å²) >= 11 is 2.01. The van der Waals surface area contributed by atoms with Crippen molar-refractivity contribution in [3.63, 3.8) is 0 Å². The van der Waals surface area contributed by atoms with Crippen molar-refractivity contribution in [3.05, 3.63) is 30.3 Å². The highest BCUT2D eigenvalue weighted by Gasteiger charge is 2.43. The maximum absolute atomic E-state index is 4.46. The van der Waals surface area contributed by atoms with Crippen LogP contribution in [0.25, 0.3) is 0 Å². The number of aliphatic imine (C=N–C) groups is 1. The highest BCUT2D eigenvalue weighted by Crippen LogP contribution is 2.51. The molecule has 1 heterocycles. The second-order valence-corrected chi connectivity index (χ2v) is 9.18. The number of piperidine rings is 1. The first-order chi connectivity index (χ1) is 12.7. The van der Waals surface area contributed by atoms with Crippen LogP contribution in [0.5, 0.6) is 0 Å². The summed E-state index contributed by atoms with van der Waals surface area (Å²) in [7, 11) is 1.88. The van der Waals surface area contributed by atoms with Crippen LogP contribution in [-0.2, 0) is 0 Å². The normalized spacial score (nSPS) is 20.0. The number of halogens is 1. The Labute approximate surface area is 186 Å². The van der Waals surface area contributed by atoms with Crippen molar-refractivity contribution in [3.8, 4) is 0 Å². The van der Waals surface area contributed by atoms with Crippen LogP contribution < -0.4 is 10.6 Å². The lowest BCUT2D eigenvalue weighted by molar-refractivity contribution is 0.203. The molecule has 0 atom stereocenters. The fraction of sp³-hybridized carbons (Fsp3) is 0.667. The van der Waals surface area contributed by atoms with E-state index in [9.17, 15) is 0 Å². The van der Waals surface area contributed by atoms with Gasteiger partial charge in [0.1, 0.15) is 0 Å². The molecule has 6 heteroatoms. The Morgan fingerprint density at radius 1 is 1.22 bits per heavy atom. The molecule has 0 aromatic heterocycles. The van der Waals surface area contributed by atoms with Crippen LogP contribution in [0.3, 0.4) is 0 Å². The maximum atomic E-state index is 4.46. The van der Waals surface area contributed by atoms with Crippen molar-refractivity contribution in [2.24, 2.45) is 4.99 Å². The van der Waals surface area contributed by atoms with Gasteiger partial charge in [-0.25, -0.2) is 0 Å². The Bertz CT molecular complexity index is 569. The summed E-state index contributed by atoms with van der Waals surface area (Å²) in [5.74, 6) is 0.969. The molecular weight excluding hydrogens is 467 g/mol. The van der Waals surface area contributed by atoms with Crippen molar-refractivity contribution in [2.75, 3.05) is 33.2 Å². The topological polar surface area (TPSA) is 39.7 Å². The third-order valence-electron chi connectivity index (χ3n) is 5.44. The van der Waals surface area contributed by atoms with E-state index in [1.165, 1.54) is 63.1 Å². The number of benzene rings is 1. The standard InChI is InChI=1S/C21H34N4S.HI/c1-3-4-14-25-15-10-18(11-16-25)24-20(22-2)23-17-21(12-13-21)26-19-8-6-5-7-9-19;/h5-9,18H,3-4,10-17H2,1-2H3,(H2,22,23,24);1H. The van der Waals surface area contributed by atoms with E-state index in [-0.39, 0.29) is 24.0 Å². The van der Waals surface area contributed by atoms with Gasteiger partial charge in [0.05, 0.1) is 0 Å². The summed E-state index contributed by atoms with van der Waals surface area (Å²) in [6, 6.07) is 11.3. The zero-order valence-corrected chi connectivity index (χ0v) is 19.9. The van der Waals surface area contributed by atoms with Crippen molar-refractivity contribution in [1.82, 2.24) is 15.5 Å². The lowest BCUT2D eigenvalue weighted by Crippen LogP contribution is -2.49. The predicted molar refractivity (Wildman–Crippen MR) is 129 cm³/mol. The molecule has 4 nitrogen and oxygen atoms in total. The highest BCUT2D eigenvalue weighted by atomic mass is 127. The Hall–Kier alpha value is -0.470. The van der Waals surface area contributed by atoms with Crippen LogP contribution in [0.2, 0.25) is 0 Å². The number of hydrogen-bond donors (Lipinski definition) is 2. The lowest BCUT2D eigenvalue weighted by atomic mass is 10.0. The third-order valence-corrected chi connectivity index (χ3v) is 6.94. The van der Waals surface area contributed by atoms with E-state index in [2.05, 4.69) is 57.8 Å². The van der Waals surface area contributed by atoms with Gasteiger partial charge in [0.15, 0.2) is 5.96 Å². The monoisotopic (exact) mass is 502 g/mol. The minimum absolute atomic E-state index is 0. The van der Waals surface area contributed by atoms with Crippen LogP contribution in [0.1, 0.15) is 45.4 Å². The van der Waals surface area contributed by atoms with Crippen LogP contribution in [0, 0.1) is 0 Å². The molecule has 0 bridgehead atoms.